The quantitative estimate of drug-likeness (QED) is 0.885. The number of hydrogen-bond donors (Lipinski definition) is 1. The predicted molar refractivity (Wildman–Crippen MR) is 70.3 cm³/mol. The monoisotopic (exact) mass is 249 g/mol. The Morgan fingerprint density at radius 2 is 2.12 bits per heavy atom. The maximum absolute atomic E-state index is 6.08. The van der Waals surface area contributed by atoms with Gasteiger partial charge in [-0.25, -0.2) is 0 Å². The zero-order chi connectivity index (χ0) is 11.7. The summed E-state index contributed by atoms with van der Waals surface area (Å²) in [5.74, 6) is 0.972. The van der Waals surface area contributed by atoms with Gasteiger partial charge in [-0.1, -0.05) is 36.6 Å². The molecule has 1 aliphatic rings. The van der Waals surface area contributed by atoms with Crippen molar-refractivity contribution in [2.75, 3.05) is 0 Å². The normalized spacial score (nSPS) is 17.0. The first-order valence-corrected chi connectivity index (χ1v) is 6.61. The van der Waals surface area contributed by atoms with Gasteiger partial charge in [0, 0.05) is 11.4 Å². The summed E-state index contributed by atoms with van der Waals surface area (Å²) in [6, 6.07) is 8.58. The number of halogens is 1. The molecule has 2 aromatic rings. The van der Waals surface area contributed by atoms with Crippen LogP contribution in [0.3, 0.4) is 0 Å². The molecule has 2 nitrogen and oxygen atoms in total. The maximum Gasteiger partial charge on any atom is 0.152 e. The Balaban J connectivity index is 1.74. The van der Waals surface area contributed by atoms with Crippen LogP contribution in [0, 0.1) is 0 Å². The SMILES string of the molecule is Clc1cccc2cc(CNC3CCCC3)oc12. The lowest BCUT2D eigenvalue weighted by atomic mass is 10.2. The fraction of sp³-hybridized carbons (Fsp3) is 0.429. The lowest BCUT2D eigenvalue weighted by Gasteiger charge is -2.09. The van der Waals surface area contributed by atoms with E-state index in [9.17, 15) is 0 Å². The predicted octanol–water partition coefficient (Wildman–Crippen LogP) is 4.12. The molecule has 0 amide bonds. The van der Waals surface area contributed by atoms with Gasteiger partial charge in [-0.05, 0) is 25.0 Å². The summed E-state index contributed by atoms with van der Waals surface area (Å²) in [7, 11) is 0. The number of furan rings is 1. The van der Waals surface area contributed by atoms with E-state index in [0.29, 0.717) is 11.1 Å². The van der Waals surface area contributed by atoms with Crippen molar-refractivity contribution in [3.8, 4) is 0 Å². The fourth-order valence-electron chi connectivity index (χ4n) is 2.54. The van der Waals surface area contributed by atoms with Crippen molar-refractivity contribution >= 4 is 22.6 Å². The van der Waals surface area contributed by atoms with Crippen LogP contribution in [0.1, 0.15) is 31.4 Å². The van der Waals surface area contributed by atoms with Crippen molar-refractivity contribution in [3.63, 3.8) is 0 Å². The molecular formula is C14H16ClNO. The van der Waals surface area contributed by atoms with E-state index in [-0.39, 0.29) is 0 Å². The summed E-state index contributed by atoms with van der Waals surface area (Å²) < 4.78 is 5.76. The zero-order valence-corrected chi connectivity index (χ0v) is 10.5. The maximum atomic E-state index is 6.08. The van der Waals surface area contributed by atoms with Gasteiger partial charge in [0.25, 0.3) is 0 Å². The Morgan fingerprint density at radius 1 is 1.29 bits per heavy atom. The van der Waals surface area contributed by atoms with Gasteiger partial charge in [0.05, 0.1) is 11.6 Å². The van der Waals surface area contributed by atoms with Crippen LogP contribution < -0.4 is 5.32 Å². The number of para-hydroxylation sites is 1. The Hall–Kier alpha value is -0.990. The van der Waals surface area contributed by atoms with E-state index in [2.05, 4.69) is 11.4 Å². The number of fused-ring (bicyclic) bond motifs is 1. The minimum atomic E-state index is 0.665. The summed E-state index contributed by atoms with van der Waals surface area (Å²) in [6.07, 6.45) is 5.29. The molecule has 1 aromatic heterocycles. The van der Waals surface area contributed by atoms with E-state index in [1.165, 1.54) is 25.7 Å². The van der Waals surface area contributed by atoms with Crippen LogP contribution >= 0.6 is 11.6 Å². The number of rotatable bonds is 3. The lowest BCUT2D eigenvalue weighted by Crippen LogP contribution is -2.24. The summed E-state index contributed by atoms with van der Waals surface area (Å²) >= 11 is 6.08. The lowest BCUT2D eigenvalue weighted by molar-refractivity contribution is 0.463. The zero-order valence-electron chi connectivity index (χ0n) is 9.71. The van der Waals surface area contributed by atoms with E-state index < -0.39 is 0 Å². The first-order valence-electron chi connectivity index (χ1n) is 6.23. The Morgan fingerprint density at radius 3 is 2.88 bits per heavy atom. The summed E-state index contributed by atoms with van der Waals surface area (Å²) in [6.45, 7) is 0.801. The van der Waals surface area contributed by atoms with Gasteiger partial charge in [-0.3, -0.25) is 0 Å². The third-order valence-corrected chi connectivity index (χ3v) is 3.76. The Bertz CT molecular complexity index is 514. The minimum Gasteiger partial charge on any atom is -0.458 e. The van der Waals surface area contributed by atoms with Crippen molar-refractivity contribution in [3.05, 3.63) is 35.0 Å². The van der Waals surface area contributed by atoms with Gasteiger partial charge in [-0.15, -0.1) is 0 Å². The van der Waals surface area contributed by atoms with Crippen LogP contribution in [0.2, 0.25) is 5.02 Å². The molecule has 0 aliphatic heterocycles. The molecule has 1 saturated carbocycles. The molecule has 0 bridgehead atoms. The topological polar surface area (TPSA) is 25.2 Å². The molecule has 0 radical (unpaired) electrons. The number of hydrogen-bond acceptors (Lipinski definition) is 2. The molecule has 1 fully saturated rings. The number of nitrogens with one attached hydrogen (secondary N) is 1. The summed E-state index contributed by atoms with van der Waals surface area (Å²) in [5.41, 5.74) is 0.803. The summed E-state index contributed by atoms with van der Waals surface area (Å²) in [4.78, 5) is 0. The molecule has 1 N–H and O–H groups in total. The highest BCUT2D eigenvalue weighted by Gasteiger charge is 2.15. The molecular weight excluding hydrogens is 234 g/mol. The van der Waals surface area contributed by atoms with E-state index >= 15 is 0 Å². The van der Waals surface area contributed by atoms with Crippen LogP contribution in [-0.4, -0.2) is 6.04 Å². The highest BCUT2D eigenvalue weighted by Crippen LogP contribution is 2.27. The second-order valence-corrected chi connectivity index (χ2v) is 5.14. The van der Waals surface area contributed by atoms with Crippen molar-refractivity contribution in [1.29, 1.82) is 0 Å². The fourth-order valence-corrected chi connectivity index (χ4v) is 2.76. The van der Waals surface area contributed by atoms with E-state index in [4.69, 9.17) is 16.0 Å². The van der Waals surface area contributed by atoms with Crippen molar-refractivity contribution in [1.82, 2.24) is 5.32 Å². The molecule has 1 heterocycles. The van der Waals surface area contributed by atoms with E-state index in [0.717, 1.165) is 23.3 Å². The smallest absolute Gasteiger partial charge is 0.152 e. The third kappa shape index (κ3) is 2.33. The molecule has 0 unspecified atom stereocenters. The number of benzene rings is 1. The van der Waals surface area contributed by atoms with Crippen molar-refractivity contribution in [2.45, 2.75) is 38.3 Å². The highest BCUT2D eigenvalue weighted by molar-refractivity contribution is 6.34. The molecule has 1 aliphatic carbocycles. The van der Waals surface area contributed by atoms with E-state index in [1.807, 2.05) is 18.2 Å². The van der Waals surface area contributed by atoms with Crippen LogP contribution in [0.15, 0.2) is 28.7 Å². The highest BCUT2D eigenvalue weighted by atomic mass is 35.5. The molecule has 17 heavy (non-hydrogen) atoms. The average molecular weight is 250 g/mol. The molecule has 0 atom stereocenters. The van der Waals surface area contributed by atoms with Crippen LogP contribution in [0.5, 0.6) is 0 Å². The van der Waals surface area contributed by atoms with Crippen LogP contribution in [0.25, 0.3) is 11.0 Å². The standard InChI is InChI=1S/C14H16ClNO/c15-13-7-3-4-10-8-12(17-14(10)13)9-16-11-5-1-2-6-11/h3-4,7-8,11,16H,1-2,5-6,9H2. The largest absolute Gasteiger partial charge is 0.458 e. The molecule has 90 valence electrons. The first kappa shape index (κ1) is 11.1. The Labute approximate surface area is 106 Å². The molecule has 0 spiro atoms. The van der Waals surface area contributed by atoms with Gasteiger partial charge in [0.15, 0.2) is 5.58 Å². The Kier molecular flexibility index (Phi) is 3.08. The minimum absolute atomic E-state index is 0.665. The van der Waals surface area contributed by atoms with Gasteiger partial charge < -0.3 is 9.73 Å². The van der Waals surface area contributed by atoms with Gasteiger partial charge in [-0.2, -0.15) is 0 Å². The van der Waals surface area contributed by atoms with Crippen LogP contribution in [0.4, 0.5) is 0 Å². The summed E-state index contributed by atoms with van der Waals surface area (Å²) in [5, 5.41) is 5.31. The second-order valence-electron chi connectivity index (χ2n) is 4.73. The van der Waals surface area contributed by atoms with Gasteiger partial charge in [0.2, 0.25) is 0 Å². The molecule has 3 heteroatoms. The molecule has 1 aromatic carbocycles. The first-order chi connectivity index (χ1) is 8.33. The average Bonchev–Trinajstić information content (AvgIpc) is 2.95. The van der Waals surface area contributed by atoms with Crippen molar-refractivity contribution in [2.24, 2.45) is 0 Å². The van der Waals surface area contributed by atoms with Gasteiger partial charge in [0.1, 0.15) is 5.76 Å². The van der Waals surface area contributed by atoms with Crippen LogP contribution in [-0.2, 0) is 6.54 Å². The van der Waals surface area contributed by atoms with E-state index in [1.54, 1.807) is 0 Å². The van der Waals surface area contributed by atoms with Gasteiger partial charge >= 0.3 is 0 Å². The van der Waals surface area contributed by atoms with Crippen molar-refractivity contribution < 1.29 is 4.42 Å². The third-order valence-electron chi connectivity index (χ3n) is 3.47. The second kappa shape index (κ2) is 4.71. The molecule has 0 saturated heterocycles. The molecule has 3 rings (SSSR count).